The summed E-state index contributed by atoms with van der Waals surface area (Å²) in [5, 5.41) is 13.3. The number of anilines is 1. The largest absolute Gasteiger partial charge is 0.322 e. The van der Waals surface area contributed by atoms with E-state index in [1.807, 2.05) is 0 Å². The lowest BCUT2D eigenvalue weighted by atomic mass is 10.2. The normalized spacial score (nSPS) is 11.0. The van der Waals surface area contributed by atoms with E-state index in [-0.39, 0.29) is 28.4 Å². The predicted molar refractivity (Wildman–Crippen MR) is 88.4 cm³/mol. The highest BCUT2D eigenvalue weighted by Gasteiger charge is 2.16. The first-order chi connectivity index (χ1) is 11.3. The number of carbonyl (C=O) groups is 1. The minimum Gasteiger partial charge on any atom is -0.322 e. The van der Waals surface area contributed by atoms with Crippen molar-refractivity contribution in [2.24, 2.45) is 0 Å². The van der Waals surface area contributed by atoms with Gasteiger partial charge in [-0.2, -0.15) is 0 Å². The molecule has 2 aromatic carbocycles. The monoisotopic (exact) mass is 349 g/mol. The number of non-ortho nitro benzene ring substituents is 1. The van der Waals surface area contributed by atoms with Crippen molar-refractivity contribution in [1.82, 2.24) is 4.72 Å². The van der Waals surface area contributed by atoms with Crippen LogP contribution in [-0.4, -0.2) is 25.8 Å². The maximum Gasteiger partial charge on any atom is 0.271 e. The summed E-state index contributed by atoms with van der Waals surface area (Å²) < 4.78 is 26.3. The molecule has 1 amide bonds. The Bertz CT molecular complexity index is 880. The topological polar surface area (TPSA) is 118 Å². The van der Waals surface area contributed by atoms with E-state index in [4.69, 9.17) is 0 Å². The molecule has 0 fully saturated rings. The van der Waals surface area contributed by atoms with Crippen molar-refractivity contribution in [2.75, 3.05) is 11.9 Å². The zero-order valence-corrected chi connectivity index (χ0v) is 13.5. The van der Waals surface area contributed by atoms with Crippen LogP contribution in [0.15, 0.2) is 53.4 Å². The average Bonchev–Trinajstić information content (AvgIpc) is 2.55. The number of amides is 1. The lowest BCUT2D eigenvalue weighted by molar-refractivity contribution is -0.384. The molecule has 0 aromatic heterocycles. The van der Waals surface area contributed by atoms with Crippen molar-refractivity contribution < 1.29 is 18.1 Å². The minimum atomic E-state index is -3.68. The molecule has 126 valence electrons. The summed E-state index contributed by atoms with van der Waals surface area (Å²) in [6.07, 6.45) is 0. The van der Waals surface area contributed by atoms with E-state index in [2.05, 4.69) is 10.0 Å². The van der Waals surface area contributed by atoms with Gasteiger partial charge in [0.2, 0.25) is 10.0 Å². The van der Waals surface area contributed by atoms with Crippen LogP contribution in [0.25, 0.3) is 0 Å². The molecular formula is C15H15N3O5S. The first-order valence-electron chi connectivity index (χ1n) is 6.99. The molecule has 2 N–H and O–H groups in total. The van der Waals surface area contributed by atoms with Crippen LogP contribution < -0.4 is 10.0 Å². The van der Waals surface area contributed by atoms with Crippen molar-refractivity contribution in [3.05, 3.63) is 64.2 Å². The molecule has 2 aromatic rings. The molecule has 2 rings (SSSR count). The molecule has 0 saturated carbocycles. The maximum absolute atomic E-state index is 12.2. The van der Waals surface area contributed by atoms with Gasteiger partial charge < -0.3 is 5.32 Å². The standard InChI is InChI=1S/C15H15N3O5S/c1-2-16-24(22,23)14-8-3-5-11(9-14)15(19)17-12-6-4-7-13(10-12)18(20)21/h3-10,16H,2H2,1H3,(H,17,19). The molecule has 0 aliphatic rings. The van der Waals surface area contributed by atoms with Crippen molar-refractivity contribution in [3.8, 4) is 0 Å². The van der Waals surface area contributed by atoms with E-state index in [9.17, 15) is 23.3 Å². The van der Waals surface area contributed by atoms with Crippen LogP contribution in [0.4, 0.5) is 11.4 Å². The fourth-order valence-corrected chi connectivity index (χ4v) is 3.06. The second-order valence-corrected chi connectivity index (χ2v) is 6.56. The number of sulfonamides is 1. The quantitative estimate of drug-likeness (QED) is 0.612. The van der Waals surface area contributed by atoms with Crippen molar-refractivity contribution in [3.63, 3.8) is 0 Å². The maximum atomic E-state index is 12.2. The summed E-state index contributed by atoms with van der Waals surface area (Å²) in [5.41, 5.74) is 0.214. The van der Waals surface area contributed by atoms with Crippen LogP contribution in [0.3, 0.4) is 0 Å². The first-order valence-corrected chi connectivity index (χ1v) is 8.47. The molecule has 0 saturated heterocycles. The fourth-order valence-electron chi connectivity index (χ4n) is 1.98. The Balaban J connectivity index is 2.25. The van der Waals surface area contributed by atoms with Crippen LogP contribution in [0, 0.1) is 10.1 Å². The van der Waals surface area contributed by atoms with Crippen LogP contribution in [0.5, 0.6) is 0 Å². The minimum absolute atomic E-state index is 0.0314. The van der Waals surface area contributed by atoms with Gasteiger partial charge >= 0.3 is 0 Å². The Morgan fingerprint density at radius 3 is 2.54 bits per heavy atom. The summed E-state index contributed by atoms with van der Waals surface area (Å²) >= 11 is 0. The van der Waals surface area contributed by atoms with E-state index in [0.29, 0.717) is 0 Å². The van der Waals surface area contributed by atoms with Gasteiger partial charge in [-0.15, -0.1) is 0 Å². The van der Waals surface area contributed by atoms with Crippen molar-refractivity contribution in [1.29, 1.82) is 0 Å². The third kappa shape index (κ3) is 4.15. The third-order valence-corrected chi connectivity index (χ3v) is 4.60. The molecule has 0 heterocycles. The summed E-state index contributed by atoms with van der Waals surface area (Å²) in [4.78, 5) is 22.4. The first kappa shape index (κ1) is 17.6. The molecular weight excluding hydrogens is 334 g/mol. The Hall–Kier alpha value is -2.78. The lowest BCUT2D eigenvalue weighted by Crippen LogP contribution is -2.23. The van der Waals surface area contributed by atoms with E-state index >= 15 is 0 Å². The highest BCUT2D eigenvalue weighted by molar-refractivity contribution is 7.89. The zero-order chi connectivity index (χ0) is 17.7. The second-order valence-electron chi connectivity index (χ2n) is 4.79. The van der Waals surface area contributed by atoms with Gasteiger partial charge in [-0.3, -0.25) is 14.9 Å². The van der Waals surface area contributed by atoms with Gasteiger partial charge in [0.05, 0.1) is 9.82 Å². The number of benzene rings is 2. The smallest absolute Gasteiger partial charge is 0.271 e. The zero-order valence-electron chi connectivity index (χ0n) is 12.7. The predicted octanol–water partition coefficient (Wildman–Crippen LogP) is 2.15. The number of hydrogen-bond acceptors (Lipinski definition) is 5. The number of nitro benzene ring substituents is 1. The van der Waals surface area contributed by atoms with Gasteiger partial charge in [0.15, 0.2) is 0 Å². The van der Waals surface area contributed by atoms with Gasteiger partial charge in [-0.25, -0.2) is 13.1 Å². The van der Waals surface area contributed by atoms with Crippen LogP contribution >= 0.6 is 0 Å². The second kappa shape index (κ2) is 7.20. The molecule has 0 aliphatic carbocycles. The van der Waals surface area contributed by atoms with Gasteiger partial charge in [-0.1, -0.05) is 19.1 Å². The van der Waals surface area contributed by atoms with Crippen molar-refractivity contribution in [2.45, 2.75) is 11.8 Å². The summed E-state index contributed by atoms with van der Waals surface area (Å²) in [6, 6.07) is 11.0. The number of nitrogens with one attached hydrogen (secondary N) is 2. The molecule has 0 aliphatic heterocycles. The average molecular weight is 349 g/mol. The third-order valence-electron chi connectivity index (χ3n) is 3.06. The Morgan fingerprint density at radius 2 is 1.88 bits per heavy atom. The number of nitro groups is 1. The summed E-state index contributed by atoms with van der Waals surface area (Å²) in [6.45, 7) is 1.88. The highest BCUT2D eigenvalue weighted by atomic mass is 32.2. The van der Waals surface area contributed by atoms with E-state index < -0.39 is 20.9 Å². The molecule has 0 spiro atoms. The van der Waals surface area contributed by atoms with E-state index in [1.54, 1.807) is 6.92 Å². The van der Waals surface area contributed by atoms with Gasteiger partial charge in [0.1, 0.15) is 0 Å². The Morgan fingerprint density at radius 1 is 1.17 bits per heavy atom. The van der Waals surface area contributed by atoms with E-state index in [1.165, 1.54) is 48.5 Å². The molecule has 24 heavy (non-hydrogen) atoms. The van der Waals surface area contributed by atoms with Crippen LogP contribution in [0.2, 0.25) is 0 Å². The number of carbonyl (C=O) groups excluding carboxylic acids is 1. The van der Waals surface area contributed by atoms with Crippen LogP contribution in [-0.2, 0) is 10.0 Å². The molecule has 0 unspecified atom stereocenters. The number of hydrogen-bond donors (Lipinski definition) is 2. The molecule has 0 radical (unpaired) electrons. The van der Waals surface area contributed by atoms with Gasteiger partial charge in [0, 0.05) is 29.9 Å². The SMILES string of the molecule is CCNS(=O)(=O)c1cccc(C(=O)Nc2cccc([N+](=O)[O-])c2)c1. The summed E-state index contributed by atoms with van der Waals surface area (Å²) in [7, 11) is -3.68. The van der Waals surface area contributed by atoms with E-state index in [0.717, 1.165) is 0 Å². The molecule has 9 heteroatoms. The van der Waals surface area contributed by atoms with Crippen molar-refractivity contribution >= 4 is 27.3 Å². The van der Waals surface area contributed by atoms with Gasteiger partial charge in [0.25, 0.3) is 11.6 Å². The molecule has 0 bridgehead atoms. The fraction of sp³-hybridized carbons (Fsp3) is 0.133. The van der Waals surface area contributed by atoms with Gasteiger partial charge in [-0.05, 0) is 24.3 Å². The Kier molecular flexibility index (Phi) is 5.27. The molecule has 8 nitrogen and oxygen atoms in total. The summed E-state index contributed by atoms with van der Waals surface area (Å²) in [5.74, 6) is -0.566. The Labute approximate surface area is 138 Å². The number of nitrogens with zero attached hydrogens (tertiary/aromatic N) is 1. The number of rotatable bonds is 6. The highest BCUT2D eigenvalue weighted by Crippen LogP contribution is 2.18. The molecule has 0 atom stereocenters. The van der Waals surface area contributed by atoms with Crippen LogP contribution in [0.1, 0.15) is 17.3 Å². The lowest BCUT2D eigenvalue weighted by Gasteiger charge is -2.08.